The zero-order valence-corrected chi connectivity index (χ0v) is 84.9. The number of carbonyl (C=O) groups excluding carboxylic acids is 3. The molecule has 8 fully saturated rings. The topological polar surface area (TPSA) is 374 Å². The second-order valence-corrected chi connectivity index (χ2v) is 43.7. The highest BCUT2D eigenvalue weighted by Gasteiger charge is 2.54. The molecule has 14 aliphatic rings. The third-order valence-corrected chi connectivity index (χ3v) is 30.6. The minimum Gasteiger partial charge on any atom is -0.444 e. The van der Waals surface area contributed by atoms with Crippen LogP contribution in [-0.2, 0) is 63.7 Å². The third kappa shape index (κ3) is 20.6. The molecule has 8 atom stereocenters. The number of aromatic nitrogens is 13. The lowest BCUT2D eigenvalue weighted by Gasteiger charge is -2.42. The molecule has 8 aromatic rings. The third-order valence-electron chi connectivity index (χ3n) is 30.4. The molecule has 3 spiro atoms. The average molecular weight is 1960 g/mol. The van der Waals surface area contributed by atoms with Crippen LogP contribution in [0.5, 0.6) is 0 Å². The van der Waals surface area contributed by atoms with Crippen LogP contribution in [0.3, 0.4) is 0 Å². The molecule has 5 N–H and O–H groups in total. The summed E-state index contributed by atoms with van der Waals surface area (Å²) >= 11 is 6.24. The summed E-state index contributed by atoms with van der Waals surface area (Å²) in [5.74, 6) is 5.05. The summed E-state index contributed by atoms with van der Waals surface area (Å²) in [6.07, 6.45) is 27.4. The summed E-state index contributed by atoms with van der Waals surface area (Å²) < 4.78 is 51.3. The maximum Gasteiger partial charge on any atom is 0.410 e. The van der Waals surface area contributed by atoms with E-state index in [1.165, 1.54) is 5.57 Å². The van der Waals surface area contributed by atoms with Crippen LogP contribution in [0.1, 0.15) is 245 Å². The monoisotopic (exact) mass is 1960 g/mol. The maximum absolute atomic E-state index is 12.8. The van der Waals surface area contributed by atoms with Crippen LogP contribution < -0.4 is 51.1 Å². The van der Waals surface area contributed by atoms with Gasteiger partial charge in [-0.15, -0.1) is 22.6 Å². The number of alkyl carbamates (subject to hydrolysis) is 2. The Bertz CT molecular complexity index is 5960. The van der Waals surface area contributed by atoms with Crippen molar-refractivity contribution in [3.8, 4) is 0 Å². The Balaban J connectivity index is 0.000000136. The smallest absolute Gasteiger partial charge is 0.410 e. The summed E-state index contributed by atoms with van der Waals surface area (Å²) in [6, 6.07) is 12.4. The number of aliphatic imine (C=N–C) groups is 1. The van der Waals surface area contributed by atoms with E-state index >= 15 is 0 Å². The van der Waals surface area contributed by atoms with Gasteiger partial charge >= 0.3 is 18.3 Å². The Morgan fingerprint density at radius 2 is 0.943 bits per heavy atom. The highest BCUT2D eigenvalue weighted by atomic mass is 35.5. The van der Waals surface area contributed by atoms with E-state index in [0.717, 1.165) is 327 Å². The predicted molar refractivity (Wildman–Crippen MR) is 540 cm³/mol. The fraction of sp³-hybridized carbons (Fsp3) is 0.637. The molecule has 0 aromatic carbocycles. The number of pyridine rings is 3. The van der Waals surface area contributed by atoms with Crippen LogP contribution in [0.2, 0.25) is 5.15 Å². The molecule has 8 aromatic heterocycles. The molecule has 2 unspecified atom stereocenters. The lowest BCUT2D eigenvalue weighted by Crippen LogP contribution is -2.55. The first kappa shape index (κ1) is 98.5. The molecule has 36 nitrogen and oxygen atoms in total. The molecule has 38 heteroatoms. The van der Waals surface area contributed by atoms with E-state index in [1.54, 1.807) is 4.90 Å². The number of hydrogen-bond acceptors (Lipinski definition) is 31. The second-order valence-electron chi connectivity index (χ2n) is 43.3. The van der Waals surface area contributed by atoms with Crippen molar-refractivity contribution in [3.63, 3.8) is 0 Å². The number of carbonyl (C=O) groups is 3. The number of hydrogen-bond donors (Lipinski definition) is 4. The fourth-order valence-electron chi connectivity index (χ4n) is 22.9. The van der Waals surface area contributed by atoms with Crippen LogP contribution in [0.15, 0.2) is 72.1 Å². The minimum absolute atomic E-state index is 0. The van der Waals surface area contributed by atoms with Crippen LogP contribution in [-0.4, -0.2) is 265 Å². The van der Waals surface area contributed by atoms with Crippen molar-refractivity contribution in [2.75, 3.05) is 148 Å². The summed E-state index contributed by atoms with van der Waals surface area (Å²) in [7, 11) is 0. The normalized spacial score (nSPS) is 24.9. The number of nitrogens with two attached hydrogens (primary N) is 1. The second kappa shape index (κ2) is 40.5. The van der Waals surface area contributed by atoms with Gasteiger partial charge in [0.1, 0.15) is 45.1 Å². The Morgan fingerprint density at radius 3 is 1.41 bits per heavy atom. The SMILES string of the molecule is C[C@@H]1OCC2(CCN(c3cnc4c(N5CCCc6nc(C7=CCN(C(=O)OC(C)(C)C)CC7)ccc65)nn(C5CCCCO5)c4n3)CC2)[C@@H]1NC(=O)OC(C)(C)C.C[C@@H]1OCC2(CCN(c3cnc4c(N5CCCc6nc(Cl)ccc65)nn(C5CCCCO5)c4n3)CC2)[C@@H]1NC(=O)OC(C)(C)C.C[C@@H]1OCC2(CCN(c3cnc4c(n3)CN=C4N3CCCc4nc(C5=CCNCC5)ccc43)CC2)[C@@H]1N.Cl. The molecular formula is C102H139Cl2N25O11. The minimum atomic E-state index is -0.573. The predicted octanol–water partition coefficient (Wildman–Crippen LogP) is 15.2. The van der Waals surface area contributed by atoms with Crippen LogP contribution in [0, 0.1) is 16.2 Å². The van der Waals surface area contributed by atoms with E-state index in [9.17, 15) is 14.4 Å². The van der Waals surface area contributed by atoms with E-state index in [4.69, 9.17) is 110 Å². The highest BCUT2D eigenvalue weighted by Crippen LogP contribution is 2.49. The number of nitrogens with zero attached hydrogens (tertiary/aromatic N) is 21. The van der Waals surface area contributed by atoms with Crippen molar-refractivity contribution in [3.05, 3.63) is 112 Å². The van der Waals surface area contributed by atoms with Crippen LogP contribution in [0.4, 0.5) is 60.5 Å². The summed E-state index contributed by atoms with van der Waals surface area (Å²) in [5.41, 5.74) is 20.4. The quantitative estimate of drug-likeness (QED) is 0.0690. The molecule has 0 aliphatic carbocycles. The van der Waals surface area contributed by atoms with Gasteiger partial charge in [-0.3, -0.25) is 15.0 Å². The Kier molecular flexibility index (Phi) is 28.5. The number of aryl methyl sites for hydroxylation is 3. The first-order valence-corrected chi connectivity index (χ1v) is 51.3. The van der Waals surface area contributed by atoms with Crippen LogP contribution in [0.25, 0.3) is 33.5 Å². The lowest BCUT2D eigenvalue weighted by molar-refractivity contribution is -0.0369. The summed E-state index contributed by atoms with van der Waals surface area (Å²) in [6.45, 7) is 37.5. The molecule has 752 valence electrons. The number of ether oxygens (including phenoxy) is 8. The van der Waals surface area contributed by atoms with Gasteiger partial charge in [0.15, 0.2) is 52.3 Å². The molecule has 22 rings (SSSR count). The van der Waals surface area contributed by atoms with Gasteiger partial charge in [-0.1, -0.05) is 23.8 Å². The van der Waals surface area contributed by atoms with Gasteiger partial charge in [0.05, 0.1) is 127 Å². The van der Waals surface area contributed by atoms with Gasteiger partial charge in [-0.05, 0) is 266 Å². The maximum atomic E-state index is 12.8. The number of amides is 3. The largest absolute Gasteiger partial charge is 0.444 e. The molecule has 0 bridgehead atoms. The van der Waals surface area contributed by atoms with E-state index < -0.39 is 29.0 Å². The van der Waals surface area contributed by atoms with Gasteiger partial charge in [-0.2, -0.15) is 0 Å². The van der Waals surface area contributed by atoms with Gasteiger partial charge in [0, 0.05) is 114 Å². The standard InChI is InChI=1S/C42H59N9O6.C32H43ClN8O4.C28H36N8O.ClH/c1-27-35(46-38(52)56-40(2,3)4)42(26-55-27)17-22-48(23-18-42)32-25-43-34-36(45-32)51(33-12-8-9-24-54-33)47-37(34)50-19-10-11-30-31(50)14-13-29(44-30)28-15-20-49(21-16-28)39(53)57-41(5,6)7;1-20-27(37-30(42)45-31(2,3)4)32(19-44-20)12-15-39(16-13-32)24-18-34-26-28(36-24)41(25-9-5-6-17-43-25)38-29(26)40-14-7-8-21-22(40)10-11-23(33)35-21;1-18-26(29)28(17-37-18)8-13-35(14-9-28)24-16-31-25-22(34-24)15-32-27(25)36-12-2-3-21-23(36)5-4-20(33-21)19-6-10-30-11-7-19;/h13-15,25,27,33,35H,8-12,16-24,26H2,1-7H3,(H,46,52);10-11,18,20,25,27H,5-9,12-17,19H2,1-4H3,(H,37,42);4-6,16,18,26,30H,2-3,7-15,17,29H2,1H3;1H/t27-,33?,35+;20-,25?,27+;18-,26+;/m000./s1. The Hall–Kier alpha value is -10.3. The number of amidine groups is 1. The molecule has 14 aliphatic heterocycles. The molecule has 0 radical (unpaired) electrons. The molecule has 0 saturated carbocycles. The van der Waals surface area contributed by atoms with E-state index in [-0.39, 0.29) is 83.6 Å². The Morgan fingerprint density at radius 1 is 0.486 bits per heavy atom. The van der Waals surface area contributed by atoms with E-state index in [2.05, 4.69) is 93.7 Å². The lowest BCUT2D eigenvalue weighted by atomic mass is 9.73. The van der Waals surface area contributed by atoms with Gasteiger partial charge in [0.2, 0.25) is 0 Å². The molecule has 3 amide bonds. The van der Waals surface area contributed by atoms with Gasteiger partial charge in [0.25, 0.3) is 0 Å². The first-order chi connectivity index (χ1) is 66.9. The van der Waals surface area contributed by atoms with Crippen LogP contribution >= 0.6 is 24.0 Å². The average Bonchev–Trinajstić information content (AvgIpc) is 1.59. The Labute approximate surface area is 831 Å². The summed E-state index contributed by atoms with van der Waals surface area (Å²) in [4.78, 5) is 104. The number of halogens is 2. The van der Waals surface area contributed by atoms with Crippen molar-refractivity contribution in [1.82, 2.24) is 85.3 Å². The van der Waals surface area contributed by atoms with E-state index in [0.29, 0.717) is 51.2 Å². The summed E-state index contributed by atoms with van der Waals surface area (Å²) in [5, 5.41) is 20.5. The number of fused-ring (bicyclic) bond motifs is 6. The number of nitrogens with one attached hydrogen (secondary N) is 3. The van der Waals surface area contributed by atoms with Crippen molar-refractivity contribution < 1.29 is 52.3 Å². The van der Waals surface area contributed by atoms with Crippen molar-refractivity contribution in [1.29, 1.82) is 0 Å². The van der Waals surface area contributed by atoms with Gasteiger partial charge in [-0.25, -0.2) is 58.6 Å². The fourth-order valence-corrected chi connectivity index (χ4v) is 23.0. The molecule has 140 heavy (non-hydrogen) atoms. The molecule has 22 heterocycles. The first-order valence-electron chi connectivity index (χ1n) is 50.9. The highest BCUT2D eigenvalue weighted by molar-refractivity contribution is 6.29. The zero-order valence-electron chi connectivity index (χ0n) is 83.3. The molecule has 8 saturated heterocycles. The van der Waals surface area contributed by atoms with Crippen molar-refractivity contribution in [2.24, 2.45) is 27.0 Å². The molecular weight excluding hydrogens is 1820 g/mol. The zero-order chi connectivity index (χ0) is 96.4. The van der Waals surface area contributed by atoms with Crippen molar-refractivity contribution in [2.45, 2.75) is 284 Å². The number of piperidine rings is 3. The van der Waals surface area contributed by atoms with Gasteiger partial charge < -0.3 is 93.9 Å². The van der Waals surface area contributed by atoms with E-state index in [1.807, 2.05) is 116 Å². The number of anilines is 8. The van der Waals surface area contributed by atoms with Crippen molar-refractivity contribution >= 4 is 128 Å². The number of rotatable bonds is 11.